The zero-order chi connectivity index (χ0) is 15.4. The third kappa shape index (κ3) is 12.2. The number of hydrogen-bond acceptors (Lipinski definition) is 5. The molecule has 1 unspecified atom stereocenters. The molecule has 0 aromatic rings. The lowest BCUT2D eigenvalue weighted by Crippen LogP contribution is -2.36. The fourth-order valence-electron chi connectivity index (χ4n) is 1.46. The van der Waals surface area contributed by atoms with Crippen molar-refractivity contribution < 1.29 is 24.1 Å². The molecule has 6 nitrogen and oxygen atoms in total. The summed E-state index contributed by atoms with van der Waals surface area (Å²) >= 11 is 0. The first kappa shape index (κ1) is 19.1. The monoisotopic (exact) mass is 291 g/mol. The molecule has 0 saturated carbocycles. The molecule has 120 valence electrons. The second-order valence-corrected chi connectivity index (χ2v) is 5.68. The van der Waals surface area contributed by atoms with E-state index in [1.807, 2.05) is 20.8 Å². The van der Waals surface area contributed by atoms with Crippen molar-refractivity contribution >= 4 is 6.09 Å². The van der Waals surface area contributed by atoms with Crippen molar-refractivity contribution in [3.63, 3.8) is 0 Å². The maximum atomic E-state index is 11.5. The van der Waals surface area contributed by atoms with Gasteiger partial charge in [0.2, 0.25) is 0 Å². The van der Waals surface area contributed by atoms with Gasteiger partial charge in [-0.05, 0) is 33.6 Å². The number of rotatable bonds is 10. The van der Waals surface area contributed by atoms with Crippen LogP contribution in [-0.4, -0.2) is 56.9 Å². The first-order chi connectivity index (χ1) is 9.39. The molecule has 1 amide bonds. The van der Waals surface area contributed by atoms with Crippen LogP contribution in [0.4, 0.5) is 4.79 Å². The van der Waals surface area contributed by atoms with Gasteiger partial charge in [-0.25, -0.2) is 4.79 Å². The third-order valence-corrected chi connectivity index (χ3v) is 2.50. The van der Waals surface area contributed by atoms with Crippen LogP contribution in [0, 0.1) is 5.92 Å². The van der Waals surface area contributed by atoms with Gasteiger partial charge in [-0.1, -0.05) is 0 Å². The molecule has 2 N–H and O–H groups in total. The Bertz CT molecular complexity index is 252. The van der Waals surface area contributed by atoms with Gasteiger partial charge < -0.3 is 24.6 Å². The van der Waals surface area contributed by atoms with Gasteiger partial charge in [0.1, 0.15) is 5.60 Å². The number of hydrogen-bond donors (Lipinski definition) is 2. The highest BCUT2D eigenvalue weighted by molar-refractivity contribution is 5.67. The first-order valence-electron chi connectivity index (χ1n) is 7.03. The fraction of sp³-hybridized carbons (Fsp3) is 0.929. The van der Waals surface area contributed by atoms with Gasteiger partial charge in [0.05, 0.1) is 0 Å². The topological polar surface area (TPSA) is 77.0 Å². The normalized spacial score (nSPS) is 13.1. The summed E-state index contributed by atoms with van der Waals surface area (Å²) in [6, 6.07) is 0. The van der Waals surface area contributed by atoms with E-state index in [0.29, 0.717) is 32.8 Å². The van der Waals surface area contributed by atoms with Crippen LogP contribution in [0.3, 0.4) is 0 Å². The molecule has 0 aliphatic heterocycles. The Hall–Kier alpha value is -0.850. The molecule has 1 atom stereocenters. The van der Waals surface area contributed by atoms with Crippen LogP contribution in [0.25, 0.3) is 0 Å². The Morgan fingerprint density at radius 1 is 1.25 bits per heavy atom. The summed E-state index contributed by atoms with van der Waals surface area (Å²) in [5, 5.41) is 11.9. The van der Waals surface area contributed by atoms with E-state index in [2.05, 4.69) is 5.32 Å². The average molecular weight is 291 g/mol. The summed E-state index contributed by atoms with van der Waals surface area (Å²) in [7, 11) is 1.66. The van der Waals surface area contributed by atoms with E-state index < -0.39 is 11.7 Å². The third-order valence-electron chi connectivity index (χ3n) is 2.50. The number of carbonyl (C=O) groups is 1. The predicted octanol–water partition coefficient (Wildman–Crippen LogP) is 1.56. The maximum absolute atomic E-state index is 11.5. The summed E-state index contributed by atoms with van der Waals surface area (Å²) in [5.41, 5.74) is -0.511. The number of methoxy groups -OCH3 is 1. The smallest absolute Gasteiger partial charge is 0.407 e. The van der Waals surface area contributed by atoms with Crippen LogP contribution >= 0.6 is 0 Å². The van der Waals surface area contributed by atoms with E-state index in [1.165, 1.54) is 0 Å². The van der Waals surface area contributed by atoms with E-state index in [0.717, 1.165) is 6.42 Å². The first-order valence-corrected chi connectivity index (χ1v) is 7.03. The summed E-state index contributed by atoms with van der Waals surface area (Å²) in [4.78, 5) is 11.5. The van der Waals surface area contributed by atoms with E-state index in [9.17, 15) is 9.90 Å². The van der Waals surface area contributed by atoms with Crippen molar-refractivity contribution in [1.82, 2.24) is 5.32 Å². The summed E-state index contributed by atoms with van der Waals surface area (Å²) in [5.74, 6) is -0.0232. The van der Waals surface area contributed by atoms with Crippen molar-refractivity contribution in [3.8, 4) is 0 Å². The average Bonchev–Trinajstić information content (AvgIpc) is 2.35. The molecule has 0 rings (SSSR count). The molecule has 0 aliphatic carbocycles. The lowest BCUT2D eigenvalue weighted by molar-refractivity contribution is 0.0495. The number of aliphatic hydroxyl groups excluding tert-OH is 1. The molecule has 0 spiro atoms. The number of carbonyl (C=O) groups excluding carboxylic acids is 1. The van der Waals surface area contributed by atoms with Crippen molar-refractivity contribution in [2.45, 2.75) is 39.2 Å². The molecular formula is C14H29NO5. The fourth-order valence-corrected chi connectivity index (χ4v) is 1.46. The van der Waals surface area contributed by atoms with E-state index >= 15 is 0 Å². The van der Waals surface area contributed by atoms with Crippen molar-refractivity contribution in [2.75, 3.05) is 40.1 Å². The quantitative estimate of drug-likeness (QED) is 0.597. The Labute approximate surface area is 121 Å². The van der Waals surface area contributed by atoms with Gasteiger partial charge in [-0.15, -0.1) is 0 Å². The van der Waals surface area contributed by atoms with Crippen molar-refractivity contribution in [1.29, 1.82) is 0 Å². The van der Waals surface area contributed by atoms with Crippen LogP contribution in [0.1, 0.15) is 33.6 Å². The molecule has 20 heavy (non-hydrogen) atoms. The molecule has 6 heteroatoms. The molecule has 0 fully saturated rings. The Morgan fingerprint density at radius 2 is 1.95 bits per heavy atom. The Kier molecular flexibility index (Phi) is 10.4. The molecule has 0 heterocycles. The number of ether oxygens (including phenoxy) is 3. The summed E-state index contributed by atoms with van der Waals surface area (Å²) in [6.45, 7) is 7.71. The Balaban J connectivity index is 3.68. The summed E-state index contributed by atoms with van der Waals surface area (Å²) in [6.07, 6.45) is 1.09. The molecule has 0 aliphatic rings. The molecule has 0 radical (unpaired) electrons. The molecular weight excluding hydrogens is 262 g/mol. The summed E-state index contributed by atoms with van der Waals surface area (Å²) < 4.78 is 15.5. The minimum atomic E-state index is -0.511. The van der Waals surface area contributed by atoms with Gasteiger partial charge in [-0.2, -0.15) is 0 Å². The van der Waals surface area contributed by atoms with Gasteiger partial charge in [0, 0.05) is 46.0 Å². The second-order valence-electron chi connectivity index (χ2n) is 5.68. The highest BCUT2D eigenvalue weighted by Gasteiger charge is 2.17. The van der Waals surface area contributed by atoms with E-state index in [-0.39, 0.29) is 12.5 Å². The Morgan fingerprint density at radius 3 is 2.50 bits per heavy atom. The number of alkyl carbamates (subject to hydrolysis) is 1. The van der Waals surface area contributed by atoms with Crippen LogP contribution in [0.5, 0.6) is 0 Å². The van der Waals surface area contributed by atoms with Crippen LogP contribution < -0.4 is 5.32 Å². The highest BCUT2D eigenvalue weighted by Crippen LogP contribution is 2.07. The second kappa shape index (κ2) is 10.9. The maximum Gasteiger partial charge on any atom is 0.407 e. The molecule has 0 aromatic heterocycles. The number of amides is 1. The zero-order valence-electron chi connectivity index (χ0n) is 13.1. The minimum absolute atomic E-state index is 0.0111. The van der Waals surface area contributed by atoms with Crippen LogP contribution in [0.2, 0.25) is 0 Å². The van der Waals surface area contributed by atoms with Crippen LogP contribution in [0.15, 0.2) is 0 Å². The number of nitrogens with one attached hydrogen (secondary N) is 1. The van der Waals surface area contributed by atoms with Crippen molar-refractivity contribution in [3.05, 3.63) is 0 Å². The van der Waals surface area contributed by atoms with Gasteiger partial charge in [0.25, 0.3) is 0 Å². The van der Waals surface area contributed by atoms with Gasteiger partial charge >= 0.3 is 6.09 Å². The molecule has 0 bridgehead atoms. The SMILES string of the molecule is COCCCOCCC(CO)CNC(=O)OC(C)(C)C. The van der Waals surface area contributed by atoms with E-state index in [1.54, 1.807) is 7.11 Å². The lowest BCUT2D eigenvalue weighted by Gasteiger charge is -2.21. The minimum Gasteiger partial charge on any atom is -0.444 e. The lowest BCUT2D eigenvalue weighted by atomic mass is 10.1. The van der Waals surface area contributed by atoms with Gasteiger partial charge in [-0.3, -0.25) is 0 Å². The predicted molar refractivity (Wildman–Crippen MR) is 76.7 cm³/mol. The highest BCUT2D eigenvalue weighted by atomic mass is 16.6. The molecule has 0 aromatic carbocycles. The van der Waals surface area contributed by atoms with Crippen molar-refractivity contribution in [2.24, 2.45) is 5.92 Å². The van der Waals surface area contributed by atoms with E-state index in [4.69, 9.17) is 14.2 Å². The van der Waals surface area contributed by atoms with Gasteiger partial charge in [0.15, 0.2) is 0 Å². The van der Waals surface area contributed by atoms with Crippen LogP contribution in [-0.2, 0) is 14.2 Å². The largest absolute Gasteiger partial charge is 0.444 e. The molecule has 0 saturated heterocycles. The number of aliphatic hydroxyl groups is 1. The standard InChI is InChI=1S/C14H29NO5/c1-14(2,3)20-13(17)15-10-12(11-16)6-9-19-8-5-7-18-4/h12,16H,5-11H2,1-4H3,(H,15,17). The zero-order valence-corrected chi connectivity index (χ0v) is 13.1.